The molecular formula is C9H18O3Si. The number of rotatable bonds is 5. The zero-order valence-corrected chi connectivity index (χ0v) is 9.83. The molecule has 76 valence electrons. The fourth-order valence-corrected chi connectivity index (χ4v) is 2.23. The summed E-state index contributed by atoms with van der Waals surface area (Å²) in [6.45, 7) is 0. The van der Waals surface area contributed by atoms with Crippen LogP contribution < -0.4 is 0 Å². The van der Waals surface area contributed by atoms with Crippen LogP contribution in [0.1, 0.15) is 25.7 Å². The summed E-state index contributed by atoms with van der Waals surface area (Å²) in [5.41, 5.74) is 0. The molecule has 4 heteroatoms. The van der Waals surface area contributed by atoms with Crippen LogP contribution in [0.15, 0.2) is 11.8 Å². The Labute approximate surface area is 82.0 Å². The van der Waals surface area contributed by atoms with E-state index >= 15 is 0 Å². The first-order valence-electron chi connectivity index (χ1n) is 4.74. The normalized spacial score (nSPS) is 18.2. The molecule has 0 saturated carbocycles. The Morgan fingerprint density at radius 2 is 2.08 bits per heavy atom. The molecule has 0 atom stereocenters. The van der Waals surface area contributed by atoms with Crippen molar-refractivity contribution in [3.63, 3.8) is 0 Å². The highest BCUT2D eigenvalue weighted by atomic mass is 28.2. The van der Waals surface area contributed by atoms with Crippen molar-refractivity contribution in [3.05, 3.63) is 11.8 Å². The van der Waals surface area contributed by atoms with Crippen LogP contribution >= 0.6 is 0 Å². The van der Waals surface area contributed by atoms with E-state index in [0.717, 1.165) is 18.6 Å². The Morgan fingerprint density at radius 1 is 1.31 bits per heavy atom. The summed E-state index contributed by atoms with van der Waals surface area (Å²) in [6.07, 6.45) is 7.00. The number of ether oxygens (including phenoxy) is 2. The first-order valence-corrected chi connectivity index (χ1v) is 6.13. The molecule has 0 aromatic heterocycles. The molecule has 0 aromatic carbocycles. The zero-order chi connectivity index (χ0) is 9.52. The predicted octanol–water partition coefficient (Wildman–Crippen LogP) is 1.12. The molecule has 3 nitrogen and oxygen atoms in total. The summed E-state index contributed by atoms with van der Waals surface area (Å²) in [5.74, 6) is 1.04. The van der Waals surface area contributed by atoms with E-state index < -0.39 is 9.76 Å². The molecular weight excluding hydrogens is 184 g/mol. The highest BCUT2D eigenvalue weighted by Gasteiger charge is 2.10. The topological polar surface area (TPSA) is 27.7 Å². The van der Waals surface area contributed by atoms with Crippen LogP contribution in [0, 0.1) is 0 Å². The average Bonchev–Trinajstić information content (AvgIpc) is 2.21. The third-order valence-electron chi connectivity index (χ3n) is 2.18. The summed E-state index contributed by atoms with van der Waals surface area (Å²) in [4.78, 5) is 0. The molecule has 1 aliphatic carbocycles. The van der Waals surface area contributed by atoms with E-state index in [1.165, 1.54) is 12.8 Å². The molecule has 0 heterocycles. The van der Waals surface area contributed by atoms with E-state index in [9.17, 15) is 0 Å². The fourth-order valence-electron chi connectivity index (χ4n) is 1.35. The van der Waals surface area contributed by atoms with Crippen LogP contribution in [-0.4, -0.2) is 29.9 Å². The molecule has 0 spiro atoms. The summed E-state index contributed by atoms with van der Waals surface area (Å²) in [7, 11) is 2.57. The average molecular weight is 202 g/mol. The van der Waals surface area contributed by atoms with Gasteiger partial charge in [-0.3, -0.25) is 0 Å². The smallest absolute Gasteiger partial charge is 0.278 e. The van der Waals surface area contributed by atoms with Crippen LogP contribution in [0.5, 0.6) is 0 Å². The number of hydrogen-bond acceptors (Lipinski definition) is 3. The van der Waals surface area contributed by atoms with Crippen LogP contribution in [0.25, 0.3) is 0 Å². The van der Waals surface area contributed by atoms with Gasteiger partial charge in [-0.1, -0.05) is 0 Å². The summed E-state index contributed by atoms with van der Waals surface area (Å²) >= 11 is 0. The van der Waals surface area contributed by atoms with Gasteiger partial charge in [0.2, 0.25) is 0 Å². The predicted molar refractivity (Wildman–Crippen MR) is 54.0 cm³/mol. The van der Waals surface area contributed by atoms with Crippen LogP contribution in [0.3, 0.4) is 0 Å². The first-order chi connectivity index (χ1) is 6.36. The quantitative estimate of drug-likeness (QED) is 0.494. The Balaban J connectivity index is 2.20. The lowest BCUT2D eigenvalue weighted by Crippen LogP contribution is -2.23. The second-order valence-electron chi connectivity index (χ2n) is 3.13. The van der Waals surface area contributed by atoms with E-state index in [4.69, 9.17) is 13.9 Å². The van der Waals surface area contributed by atoms with Crippen molar-refractivity contribution in [3.8, 4) is 0 Å². The minimum Gasteiger partial charge on any atom is -0.547 e. The van der Waals surface area contributed by atoms with Crippen molar-refractivity contribution in [2.24, 2.45) is 0 Å². The van der Waals surface area contributed by atoms with Gasteiger partial charge >= 0.3 is 0 Å². The van der Waals surface area contributed by atoms with Gasteiger partial charge in [0, 0.05) is 20.6 Å². The minimum atomic E-state index is -0.732. The highest BCUT2D eigenvalue weighted by molar-refractivity contribution is 6.28. The lowest BCUT2D eigenvalue weighted by molar-refractivity contribution is -0.0511. The van der Waals surface area contributed by atoms with Crippen molar-refractivity contribution >= 4 is 9.76 Å². The molecule has 1 aliphatic rings. The molecule has 0 saturated heterocycles. The SMILES string of the molecule is COC(OC)[SiH2]OC1=CCCCC1. The van der Waals surface area contributed by atoms with Gasteiger partial charge in [-0.2, -0.15) is 0 Å². The maximum atomic E-state index is 5.68. The fraction of sp³-hybridized carbons (Fsp3) is 0.778. The third kappa shape index (κ3) is 3.93. The largest absolute Gasteiger partial charge is 0.547 e. The minimum absolute atomic E-state index is 0.108. The molecule has 0 radical (unpaired) electrons. The molecule has 0 bridgehead atoms. The maximum Gasteiger partial charge on any atom is 0.278 e. The lowest BCUT2D eigenvalue weighted by Gasteiger charge is -2.18. The second-order valence-corrected chi connectivity index (χ2v) is 4.42. The number of hydrogen-bond donors (Lipinski definition) is 0. The zero-order valence-electron chi connectivity index (χ0n) is 8.41. The molecule has 0 aliphatic heterocycles. The second kappa shape index (κ2) is 6.18. The molecule has 0 amide bonds. The van der Waals surface area contributed by atoms with E-state index in [2.05, 4.69) is 6.08 Å². The highest BCUT2D eigenvalue weighted by Crippen LogP contribution is 2.17. The van der Waals surface area contributed by atoms with Crippen molar-refractivity contribution < 1.29 is 13.9 Å². The van der Waals surface area contributed by atoms with Crippen molar-refractivity contribution in [1.29, 1.82) is 0 Å². The molecule has 1 rings (SSSR count). The van der Waals surface area contributed by atoms with Gasteiger partial charge < -0.3 is 13.9 Å². The molecule has 0 N–H and O–H groups in total. The molecule has 0 unspecified atom stereocenters. The molecule has 0 fully saturated rings. The van der Waals surface area contributed by atoms with Gasteiger partial charge in [0.25, 0.3) is 9.76 Å². The van der Waals surface area contributed by atoms with E-state index in [0.29, 0.717) is 0 Å². The summed E-state index contributed by atoms with van der Waals surface area (Å²) < 4.78 is 15.8. The van der Waals surface area contributed by atoms with Gasteiger partial charge in [-0.05, 0) is 25.3 Å². The molecule has 0 aromatic rings. The first kappa shape index (κ1) is 10.8. The van der Waals surface area contributed by atoms with Crippen molar-refractivity contribution in [2.75, 3.05) is 14.2 Å². The van der Waals surface area contributed by atoms with Gasteiger partial charge in [0.1, 0.15) is 0 Å². The Hall–Kier alpha value is -0.323. The standard InChI is InChI=1S/C9H18O3Si/c1-10-9(11-2)13-12-8-6-4-3-5-7-8/h6,9H,3-5,7,13H2,1-2H3. The van der Waals surface area contributed by atoms with Crippen molar-refractivity contribution in [1.82, 2.24) is 0 Å². The van der Waals surface area contributed by atoms with Crippen LogP contribution in [0.2, 0.25) is 0 Å². The third-order valence-corrected chi connectivity index (χ3v) is 3.66. The Morgan fingerprint density at radius 3 is 2.62 bits per heavy atom. The molecule has 13 heavy (non-hydrogen) atoms. The number of allylic oxidation sites excluding steroid dienone is 2. The Kier molecular flexibility index (Phi) is 5.11. The van der Waals surface area contributed by atoms with Gasteiger partial charge in [-0.15, -0.1) is 0 Å². The van der Waals surface area contributed by atoms with Gasteiger partial charge in [0.05, 0.1) is 5.76 Å². The van der Waals surface area contributed by atoms with Gasteiger partial charge in [-0.25, -0.2) is 0 Å². The van der Waals surface area contributed by atoms with Gasteiger partial charge in [0.15, 0.2) is 5.91 Å². The monoisotopic (exact) mass is 202 g/mol. The van der Waals surface area contributed by atoms with E-state index in [-0.39, 0.29) is 5.91 Å². The van der Waals surface area contributed by atoms with E-state index in [1.54, 1.807) is 14.2 Å². The Bertz CT molecular complexity index is 166. The number of methoxy groups -OCH3 is 2. The van der Waals surface area contributed by atoms with E-state index in [1.807, 2.05) is 0 Å². The van der Waals surface area contributed by atoms with Crippen LogP contribution in [0.4, 0.5) is 0 Å². The van der Waals surface area contributed by atoms with Crippen molar-refractivity contribution in [2.45, 2.75) is 31.6 Å². The lowest BCUT2D eigenvalue weighted by atomic mass is 10.1. The summed E-state index contributed by atoms with van der Waals surface area (Å²) in [6, 6.07) is 0. The maximum absolute atomic E-state index is 5.68. The van der Waals surface area contributed by atoms with Crippen LogP contribution in [-0.2, 0) is 13.9 Å². The summed E-state index contributed by atoms with van der Waals surface area (Å²) in [5, 5.41) is 0.